The molecule has 4 rings (SSSR count). The van der Waals surface area contributed by atoms with Crippen LogP contribution in [0.2, 0.25) is 0 Å². The highest BCUT2D eigenvalue weighted by atomic mass is 32.1. The summed E-state index contributed by atoms with van der Waals surface area (Å²) in [5.74, 6) is 0. The third-order valence-electron chi connectivity index (χ3n) is 3.96. The molecule has 2 nitrogen and oxygen atoms in total. The summed E-state index contributed by atoms with van der Waals surface area (Å²) in [6, 6.07) is 13.0. The van der Waals surface area contributed by atoms with Crippen LogP contribution in [0.4, 0.5) is 0 Å². The molecule has 0 unspecified atom stereocenters. The molecule has 0 spiro atoms. The molecule has 0 bridgehead atoms. The van der Waals surface area contributed by atoms with Crippen LogP contribution in [-0.2, 0) is 12.8 Å². The Labute approximate surface area is 143 Å². The number of nitrogens with zero attached hydrogens (tertiary/aromatic N) is 2. The summed E-state index contributed by atoms with van der Waals surface area (Å²) >= 11 is 3.65. The van der Waals surface area contributed by atoms with Gasteiger partial charge in [-0.2, -0.15) is 0 Å². The van der Waals surface area contributed by atoms with Crippen molar-refractivity contribution < 1.29 is 0 Å². The first kappa shape index (κ1) is 14.8. The van der Waals surface area contributed by atoms with E-state index in [9.17, 15) is 0 Å². The summed E-state index contributed by atoms with van der Waals surface area (Å²) in [6.45, 7) is 4.27. The predicted octanol–water partition coefficient (Wildman–Crippen LogP) is 5.70. The first-order valence-electron chi connectivity index (χ1n) is 7.89. The molecule has 0 aliphatic carbocycles. The monoisotopic (exact) mass is 338 g/mol. The first-order chi connectivity index (χ1) is 11.2. The van der Waals surface area contributed by atoms with Gasteiger partial charge in [0.15, 0.2) is 0 Å². The second-order valence-electron chi connectivity index (χ2n) is 6.01. The van der Waals surface area contributed by atoms with E-state index in [-0.39, 0.29) is 0 Å². The van der Waals surface area contributed by atoms with Gasteiger partial charge in [-0.1, -0.05) is 12.1 Å². The van der Waals surface area contributed by atoms with Crippen LogP contribution in [-0.4, -0.2) is 9.97 Å². The molecule has 0 aliphatic heterocycles. The molecule has 4 aromatic rings. The predicted molar refractivity (Wildman–Crippen MR) is 101 cm³/mol. The number of hydrogen-bond donors (Lipinski definition) is 0. The van der Waals surface area contributed by atoms with Crippen LogP contribution in [0.25, 0.3) is 20.4 Å². The molecule has 0 saturated carbocycles. The molecule has 0 fully saturated rings. The third-order valence-corrected chi connectivity index (χ3v) is 6.11. The Bertz CT molecular complexity index is 902. The maximum absolute atomic E-state index is 4.74. The van der Waals surface area contributed by atoms with Gasteiger partial charge < -0.3 is 0 Å². The van der Waals surface area contributed by atoms with E-state index in [1.54, 1.807) is 0 Å². The summed E-state index contributed by atoms with van der Waals surface area (Å²) in [4.78, 5) is 9.48. The number of thiazole rings is 2. The maximum Gasteiger partial charge on any atom is 0.0938 e. The average Bonchev–Trinajstić information content (AvgIpc) is 3.09. The lowest BCUT2D eigenvalue weighted by Gasteiger charge is -1.94. The first-order valence-corrected chi connectivity index (χ1v) is 9.53. The van der Waals surface area contributed by atoms with Gasteiger partial charge in [-0.15, -0.1) is 22.7 Å². The van der Waals surface area contributed by atoms with Crippen molar-refractivity contribution in [2.75, 3.05) is 0 Å². The van der Waals surface area contributed by atoms with Gasteiger partial charge in [0.1, 0.15) is 0 Å². The third kappa shape index (κ3) is 3.14. The Kier molecular flexibility index (Phi) is 3.87. The van der Waals surface area contributed by atoms with Crippen LogP contribution in [0.15, 0.2) is 36.4 Å². The minimum Gasteiger partial charge on any atom is -0.241 e. The molecule has 0 amide bonds. The molecule has 0 saturated heterocycles. The quantitative estimate of drug-likeness (QED) is 0.477. The number of benzene rings is 2. The Balaban J connectivity index is 1.45. The SMILES string of the molecule is Cc1ccc2nc(CCCc3nc4ccc(C)cc4s3)sc2c1. The Morgan fingerprint density at radius 1 is 0.739 bits per heavy atom. The van der Waals surface area contributed by atoms with Crippen molar-refractivity contribution in [2.45, 2.75) is 33.1 Å². The van der Waals surface area contributed by atoms with E-state index in [0.717, 1.165) is 30.3 Å². The fourth-order valence-electron chi connectivity index (χ4n) is 2.76. The van der Waals surface area contributed by atoms with Crippen molar-refractivity contribution in [1.29, 1.82) is 0 Å². The molecular weight excluding hydrogens is 320 g/mol. The Morgan fingerprint density at radius 2 is 1.22 bits per heavy atom. The molecule has 4 heteroatoms. The van der Waals surface area contributed by atoms with E-state index in [0.29, 0.717) is 0 Å². The minimum atomic E-state index is 1.04. The van der Waals surface area contributed by atoms with Crippen molar-refractivity contribution in [3.8, 4) is 0 Å². The van der Waals surface area contributed by atoms with Gasteiger partial charge in [0, 0.05) is 0 Å². The van der Waals surface area contributed by atoms with Crippen LogP contribution in [0.5, 0.6) is 0 Å². The van der Waals surface area contributed by atoms with Crippen molar-refractivity contribution in [1.82, 2.24) is 9.97 Å². The molecule has 2 heterocycles. The number of fused-ring (bicyclic) bond motifs is 2. The number of rotatable bonds is 4. The summed E-state index contributed by atoms with van der Waals surface area (Å²) in [7, 11) is 0. The van der Waals surface area contributed by atoms with E-state index in [1.165, 1.54) is 30.5 Å². The van der Waals surface area contributed by atoms with Crippen molar-refractivity contribution in [3.63, 3.8) is 0 Å². The zero-order valence-corrected chi connectivity index (χ0v) is 14.9. The Hall–Kier alpha value is -1.78. The van der Waals surface area contributed by atoms with Crippen LogP contribution in [0, 0.1) is 13.8 Å². The summed E-state index contributed by atoms with van der Waals surface area (Å²) in [5, 5.41) is 2.48. The van der Waals surface area contributed by atoms with Crippen LogP contribution >= 0.6 is 22.7 Å². The lowest BCUT2D eigenvalue weighted by molar-refractivity contribution is 0.812. The highest BCUT2D eigenvalue weighted by molar-refractivity contribution is 7.18. The molecule has 116 valence electrons. The van der Waals surface area contributed by atoms with Crippen LogP contribution < -0.4 is 0 Å². The molecule has 2 aromatic carbocycles. The van der Waals surface area contributed by atoms with Crippen molar-refractivity contribution >= 4 is 43.1 Å². The molecule has 23 heavy (non-hydrogen) atoms. The van der Waals surface area contributed by atoms with Gasteiger partial charge in [-0.3, -0.25) is 0 Å². The zero-order valence-electron chi connectivity index (χ0n) is 13.3. The van der Waals surface area contributed by atoms with Crippen molar-refractivity contribution in [3.05, 3.63) is 57.5 Å². The average molecular weight is 339 g/mol. The highest BCUT2D eigenvalue weighted by Gasteiger charge is 2.07. The number of aryl methyl sites for hydroxylation is 4. The van der Waals surface area contributed by atoms with Gasteiger partial charge in [0.05, 0.1) is 30.4 Å². The lowest BCUT2D eigenvalue weighted by atomic mass is 10.2. The van der Waals surface area contributed by atoms with Crippen molar-refractivity contribution in [2.24, 2.45) is 0 Å². The van der Waals surface area contributed by atoms with Gasteiger partial charge >= 0.3 is 0 Å². The standard InChI is InChI=1S/C19H18N2S2/c1-12-6-8-14-16(10-12)22-18(20-14)4-3-5-19-21-15-9-7-13(2)11-17(15)23-19/h6-11H,3-5H2,1-2H3. The van der Waals surface area contributed by atoms with E-state index < -0.39 is 0 Å². The van der Waals surface area contributed by atoms with Gasteiger partial charge in [-0.05, 0) is 68.5 Å². The molecule has 2 aromatic heterocycles. The smallest absolute Gasteiger partial charge is 0.0938 e. The highest BCUT2D eigenvalue weighted by Crippen LogP contribution is 2.26. The fourth-order valence-corrected chi connectivity index (χ4v) is 4.98. The molecule has 0 atom stereocenters. The van der Waals surface area contributed by atoms with E-state index in [4.69, 9.17) is 9.97 Å². The normalized spacial score (nSPS) is 11.6. The molecule has 0 aliphatic rings. The van der Waals surface area contributed by atoms with Crippen LogP contribution in [0.3, 0.4) is 0 Å². The molecule has 0 radical (unpaired) electrons. The van der Waals surface area contributed by atoms with Gasteiger partial charge in [0.2, 0.25) is 0 Å². The van der Waals surface area contributed by atoms with E-state index in [2.05, 4.69) is 50.2 Å². The minimum absolute atomic E-state index is 1.04. The number of hydrogen-bond acceptors (Lipinski definition) is 4. The summed E-state index contributed by atoms with van der Waals surface area (Å²) in [6.07, 6.45) is 3.18. The van der Waals surface area contributed by atoms with E-state index >= 15 is 0 Å². The maximum atomic E-state index is 4.74. The second-order valence-corrected chi connectivity index (χ2v) is 8.24. The summed E-state index contributed by atoms with van der Waals surface area (Å²) in [5.41, 5.74) is 4.87. The molecule has 0 N–H and O–H groups in total. The Morgan fingerprint density at radius 3 is 1.70 bits per heavy atom. The van der Waals surface area contributed by atoms with Gasteiger partial charge in [0.25, 0.3) is 0 Å². The van der Waals surface area contributed by atoms with Crippen LogP contribution in [0.1, 0.15) is 27.6 Å². The largest absolute Gasteiger partial charge is 0.241 e. The lowest BCUT2D eigenvalue weighted by Crippen LogP contribution is -1.88. The molecular formula is C19H18N2S2. The fraction of sp³-hybridized carbons (Fsp3) is 0.263. The topological polar surface area (TPSA) is 25.8 Å². The van der Waals surface area contributed by atoms with Gasteiger partial charge in [-0.25, -0.2) is 9.97 Å². The summed E-state index contributed by atoms with van der Waals surface area (Å²) < 4.78 is 2.60. The number of aromatic nitrogens is 2. The van der Waals surface area contributed by atoms with E-state index in [1.807, 2.05) is 22.7 Å². The zero-order chi connectivity index (χ0) is 15.8. The second kappa shape index (κ2) is 6.02.